The van der Waals surface area contributed by atoms with Crippen molar-refractivity contribution in [2.24, 2.45) is 10.9 Å². The van der Waals surface area contributed by atoms with Gasteiger partial charge in [-0.2, -0.15) is 0 Å². The first-order chi connectivity index (χ1) is 15.2. The lowest BCUT2D eigenvalue weighted by molar-refractivity contribution is 0.318. The third-order valence-electron chi connectivity index (χ3n) is 6.17. The molecule has 0 radical (unpaired) electrons. The number of phenols is 1. The van der Waals surface area contributed by atoms with Crippen molar-refractivity contribution in [2.75, 3.05) is 11.9 Å². The number of para-hydroxylation sites is 1. The average molecular weight is 411 g/mol. The van der Waals surface area contributed by atoms with Gasteiger partial charge in [0.1, 0.15) is 0 Å². The van der Waals surface area contributed by atoms with Crippen LogP contribution in [0, 0.1) is 5.92 Å². The topological polar surface area (TPSA) is 53.8 Å². The zero-order valence-corrected chi connectivity index (χ0v) is 17.5. The summed E-state index contributed by atoms with van der Waals surface area (Å²) in [6, 6.07) is 22.7. The predicted octanol–water partition coefficient (Wildman–Crippen LogP) is 6.37. The second-order valence-electron chi connectivity index (χ2n) is 8.07. The van der Waals surface area contributed by atoms with Crippen molar-refractivity contribution in [2.45, 2.75) is 25.3 Å². The van der Waals surface area contributed by atoms with Gasteiger partial charge in [-0.3, -0.25) is 4.99 Å². The Hall–Kier alpha value is -3.53. The van der Waals surface area contributed by atoms with Crippen molar-refractivity contribution in [1.29, 1.82) is 0 Å². The Labute approximate surface area is 182 Å². The fourth-order valence-electron chi connectivity index (χ4n) is 4.67. The summed E-state index contributed by atoms with van der Waals surface area (Å²) in [5.74, 6) is 1.64. The number of allylic oxidation sites excluding steroid dienone is 2. The largest absolute Gasteiger partial charge is 0.504 e. The molecule has 3 atom stereocenters. The number of anilines is 1. The maximum Gasteiger partial charge on any atom is 0.161 e. The van der Waals surface area contributed by atoms with Gasteiger partial charge in [0.05, 0.1) is 18.3 Å². The van der Waals surface area contributed by atoms with Gasteiger partial charge in [0.2, 0.25) is 0 Å². The van der Waals surface area contributed by atoms with Crippen LogP contribution in [0.3, 0.4) is 0 Å². The molecular formula is C27H26N2O2. The first kappa shape index (κ1) is 19.4. The number of hydrogen-bond acceptors (Lipinski definition) is 4. The number of benzene rings is 3. The van der Waals surface area contributed by atoms with E-state index in [0.29, 0.717) is 30.2 Å². The molecule has 31 heavy (non-hydrogen) atoms. The Kier molecular flexibility index (Phi) is 5.21. The highest BCUT2D eigenvalue weighted by Crippen LogP contribution is 2.49. The fourth-order valence-corrected chi connectivity index (χ4v) is 4.67. The van der Waals surface area contributed by atoms with Gasteiger partial charge in [0.25, 0.3) is 0 Å². The third kappa shape index (κ3) is 3.81. The quantitative estimate of drug-likeness (QED) is 0.380. The van der Waals surface area contributed by atoms with Crippen molar-refractivity contribution in [3.63, 3.8) is 0 Å². The minimum absolute atomic E-state index is 0.143. The van der Waals surface area contributed by atoms with Crippen molar-refractivity contribution in [3.05, 3.63) is 95.6 Å². The van der Waals surface area contributed by atoms with E-state index in [9.17, 15) is 5.11 Å². The second-order valence-corrected chi connectivity index (χ2v) is 8.07. The zero-order valence-electron chi connectivity index (χ0n) is 17.5. The normalized spacial score (nSPS) is 21.5. The number of fused-ring (bicyclic) bond motifs is 3. The molecule has 3 aromatic rings. The molecule has 1 aliphatic carbocycles. The number of ether oxygens (including phenoxy) is 1. The van der Waals surface area contributed by atoms with Crippen LogP contribution in [0.5, 0.6) is 11.5 Å². The molecule has 1 aliphatic heterocycles. The summed E-state index contributed by atoms with van der Waals surface area (Å²) in [5.41, 5.74) is 5.71. The smallest absolute Gasteiger partial charge is 0.161 e. The zero-order chi connectivity index (χ0) is 21.2. The number of phenolic OH excluding ortho intramolecular Hbond substituents is 1. The van der Waals surface area contributed by atoms with E-state index in [0.717, 1.165) is 17.7 Å². The Bertz CT molecular complexity index is 1130. The summed E-state index contributed by atoms with van der Waals surface area (Å²) in [5, 5.41) is 13.6. The first-order valence-electron chi connectivity index (χ1n) is 10.8. The van der Waals surface area contributed by atoms with E-state index >= 15 is 0 Å². The van der Waals surface area contributed by atoms with Crippen LogP contribution in [-0.4, -0.2) is 17.9 Å². The molecule has 0 spiro atoms. The SMILES string of the molecule is CCOc1cc(C=Nc2ccc([C@@H]3Nc4ccccc4[C@H]4C=CC[C@H]43)cc2)ccc1O. The van der Waals surface area contributed by atoms with Crippen molar-refractivity contribution in [3.8, 4) is 11.5 Å². The summed E-state index contributed by atoms with van der Waals surface area (Å²) < 4.78 is 5.45. The highest BCUT2D eigenvalue weighted by atomic mass is 16.5. The van der Waals surface area contributed by atoms with Crippen molar-refractivity contribution >= 4 is 17.6 Å². The van der Waals surface area contributed by atoms with Crippen LogP contribution in [0.15, 0.2) is 83.9 Å². The number of aromatic hydroxyl groups is 1. The van der Waals surface area contributed by atoms with E-state index in [-0.39, 0.29) is 5.75 Å². The molecule has 0 saturated heterocycles. The van der Waals surface area contributed by atoms with Crippen LogP contribution in [0.4, 0.5) is 11.4 Å². The van der Waals surface area contributed by atoms with Gasteiger partial charge in [-0.15, -0.1) is 0 Å². The minimum atomic E-state index is 0.143. The number of aliphatic imine (C=N–C) groups is 1. The molecule has 0 unspecified atom stereocenters. The third-order valence-corrected chi connectivity index (χ3v) is 6.17. The van der Waals surface area contributed by atoms with Gasteiger partial charge in [-0.25, -0.2) is 0 Å². The molecular weight excluding hydrogens is 384 g/mol. The Morgan fingerprint density at radius 3 is 2.77 bits per heavy atom. The first-order valence-corrected chi connectivity index (χ1v) is 10.8. The summed E-state index contributed by atoms with van der Waals surface area (Å²) in [6.45, 7) is 2.40. The molecule has 2 N–H and O–H groups in total. The molecule has 4 nitrogen and oxygen atoms in total. The molecule has 2 aliphatic rings. The number of hydrogen-bond donors (Lipinski definition) is 2. The molecule has 4 heteroatoms. The molecule has 156 valence electrons. The number of nitrogens with one attached hydrogen (secondary N) is 1. The van der Waals surface area contributed by atoms with Crippen LogP contribution in [0.25, 0.3) is 0 Å². The van der Waals surface area contributed by atoms with E-state index in [1.807, 2.05) is 13.0 Å². The molecule has 0 saturated carbocycles. The molecule has 0 fully saturated rings. The Morgan fingerprint density at radius 1 is 1.10 bits per heavy atom. The van der Waals surface area contributed by atoms with Gasteiger partial charge in [-0.05, 0) is 72.4 Å². The van der Waals surface area contributed by atoms with Gasteiger partial charge in [0.15, 0.2) is 11.5 Å². The molecule has 3 aromatic carbocycles. The van der Waals surface area contributed by atoms with Gasteiger partial charge in [-0.1, -0.05) is 42.5 Å². The van der Waals surface area contributed by atoms with E-state index in [2.05, 4.69) is 71.0 Å². The van der Waals surface area contributed by atoms with Crippen molar-refractivity contribution in [1.82, 2.24) is 0 Å². The number of nitrogens with zero attached hydrogens (tertiary/aromatic N) is 1. The van der Waals surface area contributed by atoms with Crippen LogP contribution in [0.1, 0.15) is 42.0 Å². The number of rotatable bonds is 5. The Morgan fingerprint density at radius 2 is 1.94 bits per heavy atom. The van der Waals surface area contributed by atoms with E-state index < -0.39 is 0 Å². The van der Waals surface area contributed by atoms with Gasteiger partial charge in [0, 0.05) is 17.8 Å². The van der Waals surface area contributed by atoms with Crippen molar-refractivity contribution < 1.29 is 9.84 Å². The summed E-state index contributed by atoms with van der Waals surface area (Å²) in [6.07, 6.45) is 7.58. The Balaban J connectivity index is 1.35. The predicted molar refractivity (Wildman–Crippen MR) is 126 cm³/mol. The molecule has 1 heterocycles. The molecule has 0 aromatic heterocycles. The maximum atomic E-state index is 9.85. The molecule has 0 bridgehead atoms. The van der Waals surface area contributed by atoms with Gasteiger partial charge >= 0.3 is 0 Å². The standard InChI is InChI=1S/C27H26N2O2/c1-2-31-26-16-18(10-15-25(26)30)17-28-20-13-11-19(12-14-20)27-23-8-5-7-21(23)22-6-3-4-9-24(22)29-27/h3-7,9-17,21,23,27,29-30H,2,8H2,1H3/t21-,23-,27+/m1/s1. The summed E-state index contributed by atoms with van der Waals surface area (Å²) in [7, 11) is 0. The van der Waals surface area contributed by atoms with Crippen LogP contribution >= 0.6 is 0 Å². The average Bonchev–Trinajstić information content (AvgIpc) is 3.30. The lowest BCUT2D eigenvalue weighted by atomic mass is 9.77. The fraction of sp³-hybridized carbons (Fsp3) is 0.222. The maximum absolute atomic E-state index is 9.85. The lowest BCUT2D eigenvalue weighted by Crippen LogP contribution is -2.28. The molecule has 0 amide bonds. The highest BCUT2D eigenvalue weighted by molar-refractivity contribution is 5.83. The highest BCUT2D eigenvalue weighted by Gasteiger charge is 2.37. The lowest BCUT2D eigenvalue weighted by Gasteiger charge is -2.37. The van der Waals surface area contributed by atoms with Crippen LogP contribution < -0.4 is 10.1 Å². The second kappa shape index (κ2) is 8.31. The monoisotopic (exact) mass is 410 g/mol. The van der Waals surface area contributed by atoms with E-state index in [1.165, 1.54) is 16.8 Å². The van der Waals surface area contributed by atoms with Gasteiger partial charge < -0.3 is 15.2 Å². The summed E-state index contributed by atoms with van der Waals surface area (Å²) >= 11 is 0. The van der Waals surface area contributed by atoms with Crippen LogP contribution in [0.2, 0.25) is 0 Å². The van der Waals surface area contributed by atoms with E-state index in [4.69, 9.17) is 4.74 Å². The van der Waals surface area contributed by atoms with Crippen LogP contribution in [-0.2, 0) is 0 Å². The minimum Gasteiger partial charge on any atom is -0.504 e. The molecule has 5 rings (SSSR count). The summed E-state index contributed by atoms with van der Waals surface area (Å²) in [4.78, 5) is 4.60. The van der Waals surface area contributed by atoms with E-state index in [1.54, 1.807) is 18.3 Å².